The van der Waals surface area contributed by atoms with Crippen LogP contribution in [0.25, 0.3) is 55.5 Å². The van der Waals surface area contributed by atoms with Gasteiger partial charge in [-0.3, -0.25) is 4.57 Å². The lowest BCUT2D eigenvalue weighted by molar-refractivity contribution is 0.483. The van der Waals surface area contributed by atoms with Crippen LogP contribution in [-0.4, -0.2) is 18.7 Å². The Morgan fingerprint density at radius 3 is 2.04 bits per heavy atom. The smallest absolute Gasteiger partial charge is 0.191 e. The predicted octanol–water partition coefficient (Wildman–Crippen LogP) is 11.4. The zero-order chi connectivity index (χ0) is 32.9. The van der Waals surface area contributed by atoms with E-state index in [1.807, 2.05) is 18.3 Å². The number of aryl methyl sites for hydroxylation is 1. The number of hydrogen-bond donors (Lipinski definition) is 0. The van der Waals surface area contributed by atoms with E-state index in [-0.39, 0.29) is 0 Å². The van der Waals surface area contributed by atoms with Gasteiger partial charge in [-0.15, -0.1) is 0 Å². The van der Waals surface area contributed by atoms with Gasteiger partial charge in [-0.05, 0) is 88.7 Å². The van der Waals surface area contributed by atoms with Crippen LogP contribution in [0.15, 0.2) is 134 Å². The van der Waals surface area contributed by atoms with Gasteiger partial charge in [0.25, 0.3) is 0 Å². The fourth-order valence-electron chi connectivity index (χ4n) is 7.14. The lowest BCUT2D eigenvalue weighted by Crippen LogP contribution is -2.02. The summed E-state index contributed by atoms with van der Waals surface area (Å²) in [5.74, 6) is 3.25. The summed E-state index contributed by atoms with van der Waals surface area (Å²) >= 11 is 0. The molecule has 0 saturated carbocycles. The second kappa shape index (κ2) is 11.8. The van der Waals surface area contributed by atoms with Crippen molar-refractivity contribution in [2.45, 2.75) is 39.5 Å². The van der Waals surface area contributed by atoms with Crippen molar-refractivity contribution in [2.24, 2.45) is 7.05 Å². The maximum atomic E-state index is 6.58. The fraction of sp³-hybridized carbons (Fsp3) is 0.163. The largest absolute Gasteiger partial charge is 0.456 e. The highest BCUT2D eigenvalue weighted by Crippen LogP contribution is 2.39. The minimum Gasteiger partial charge on any atom is -0.456 e. The summed E-state index contributed by atoms with van der Waals surface area (Å²) in [6, 6.07) is 42.8. The number of nitrogens with zero attached hydrogens (tertiary/aromatic N) is 4. The molecule has 0 unspecified atom stereocenters. The van der Waals surface area contributed by atoms with Gasteiger partial charge in [-0.1, -0.05) is 64.1 Å². The fourth-order valence-corrected chi connectivity index (χ4v) is 7.14. The van der Waals surface area contributed by atoms with Crippen molar-refractivity contribution in [2.75, 3.05) is 0 Å². The van der Waals surface area contributed by atoms with E-state index in [0.29, 0.717) is 11.8 Å². The number of hydrogen-bond acceptors (Lipinski definition) is 2. The van der Waals surface area contributed by atoms with E-state index < -0.39 is 0 Å². The first-order valence-corrected chi connectivity index (χ1v) is 16.7. The summed E-state index contributed by atoms with van der Waals surface area (Å²) in [6.45, 7) is 9.10. The third kappa shape index (κ3) is 5.03. The van der Waals surface area contributed by atoms with Crippen molar-refractivity contribution in [1.29, 1.82) is 0 Å². The number of ether oxygens (including phenoxy) is 1. The van der Waals surface area contributed by atoms with Gasteiger partial charge in [-0.2, -0.15) is 4.57 Å². The molecule has 8 rings (SSSR count). The molecule has 8 aromatic rings. The molecule has 0 saturated heterocycles. The molecule has 0 atom stereocenters. The van der Waals surface area contributed by atoms with E-state index in [2.05, 4.69) is 164 Å². The molecule has 48 heavy (non-hydrogen) atoms. The number of benzene rings is 5. The Labute approximate surface area is 281 Å². The molecule has 0 N–H and O–H groups in total. The Morgan fingerprint density at radius 1 is 0.604 bits per heavy atom. The summed E-state index contributed by atoms with van der Waals surface area (Å²) in [5.41, 5.74) is 10.8. The normalized spacial score (nSPS) is 11.8. The van der Waals surface area contributed by atoms with E-state index in [4.69, 9.17) is 9.72 Å². The molecular weight excluding hydrogens is 589 g/mol. The first-order chi connectivity index (χ1) is 23.4. The van der Waals surface area contributed by atoms with Crippen molar-refractivity contribution < 1.29 is 4.74 Å². The van der Waals surface area contributed by atoms with Crippen LogP contribution in [0.4, 0.5) is 0 Å². The van der Waals surface area contributed by atoms with Crippen LogP contribution < -0.4 is 4.74 Å². The third-order valence-corrected chi connectivity index (χ3v) is 9.42. The molecule has 0 bridgehead atoms. The molecule has 5 aromatic carbocycles. The van der Waals surface area contributed by atoms with Crippen LogP contribution in [0.2, 0.25) is 0 Å². The van der Waals surface area contributed by atoms with Crippen LogP contribution in [0.5, 0.6) is 11.5 Å². The quantitative estimate of drug-likeness (QED) is 0.165. The molecule has 236 valence electrons. The molecule has 3 heterocycles. The average Bonchev–Trinajstić information content (AvgIpc) is 3.62. The molecule has 3 aromatic heterocycles. The summed E-state index contributed by atoms with van der Waals surface area (Å²) in [5, 5.41) is 2.35. The molecule has 0 radical (unpaired) electrons. The van der Waals surface area contributed by atoms with Crippen LogP contribution in [0, 0.1) is 0 Å². The number of rotatable bonds is 7. The van der Waals surface area contributed by atoms with Gasteiger partial charge < -0.3 is 4.74 Å². The Balaban J connectivity index is 1.24. The highest BCUT2D eigenvalue weighted by molar-refractivity contribution is 6.09. The molecule has 0 aliphatic carbocycles. The second-order valence-corrected chi connectivity index (χ2v) is 13.2. The Morgan fingerprint density at radius 2 is 1.27 bits per heavy atom. The monoisotopic (exact) mass is 627 g/mol. The van der Waals surface area contributed by atoms with E-state index >= 15 is 0 Å². The molecule has 0 fully saturated rings. The van der Waals surface area contributed by atoms with Crippen molar-refractivity contribution in [3.8, 4) is 34.1 Å². The molecular formula is C43H39N4O+. The average molecular weight is 628 g/mol. The van der Waals surface area contributed by atoms with Crippen LogP contribution in [0.1, 0.15) is 50.7 Å². The lowest BCUT2D eigenvalue weighted by Gasteiger charge is -2.20. The van der Waals surface area contributed by atoms with Crippen molar-refractivity contribution >= 4 is 32.8 Å². The van der Waals surface area contributed by atoms with Gasteiger partial charge in [0.1, 0.15) is 23.0 Å². The molecule has 0 amide bonds. The summed E-state index contributed by atoms with van der Waals surface area (Å²) in [4.78, 5) is 4.96. The van der Waals surface area contributed by atoms with E-state index in [9.17, 15) is 0 Å². The second-order valence-electron chi connectivity index (χ2n) is 13.2. The van der Waals surface area contributed by atoms with Crippen molar-refractivity contribution in [3.63, 3.8) is 0 Å². The highest BCUT2D eigenvalue weighted by Gasteiger charge is 2.19. The molecule has 5 nitrogen and oxygen atoms in total. The minimum atomic E-state index is 0.403. The van der Waals surface area contributed by atoms with Crippen molar-refractivity contribution in [3.05, 3.63) is 145 Å². The summed E-state index contributed by atoms with van der Waals surface area (Å²) in [7, 11) is 2.07. The number of para-hydroxylation sites is 3. The lowest BCUT2D eigenvalue weighted by atomic mass is 9.85. The van der Waals surface area contributed by atoms with Crippen molar-refractivity contribution in [1.82, 2.24) is 18.7 Å². The molecule has 0 aliphatic rings. The van der Waals surface area contributed by atoms with Gasteiger partial charge in [0.2, 0.25) is 0 Å². The van der Waals surface area contributed by atoms with E-state index in [0.717, 1.165) is 44.9 Å². The first-order valence-electron chi connectivity index (χ1n) is 16.7. The number of fused-ring (bicyclic) bond motifs is 4. The first kappa shape index (κ1) is 29.7. The van der Waals surface area contributed by atoms with Crippen LogP contribution in [0.3, 0.4) is 0 Å². The van der Waals surface area contributed by atoms with Crippen LogP contribution >= 0.6 is 0 Å². The zero-order valence-corrected chi connectivity index (χ0v) is 28.1. The Bertz CT molecular complexity index is 2440. The highest BCUT2D eigenvalue weighted by atomic mass is 16.5. The molecule has 5 heteroatoms. The summed E-state index contributed by atoms with van der Waals surface area (Å²) < 4.78 is 13.2. The van der Waals surface area contributed by atoms with Gasteiger partial charge in [0, 0.05) is 54.3 Å². The van der Waals surface area contributed by atoms with Crippen LogP contribution in [-0.2, 0) is 7.05 Å². The molecule has 0 spiro atoms. The van der Waals surface area contributed by atoms with Gasteiger partial charge >= 0.3 is 0 Å². The van der Waals surface area contributed by atoms with E-state index in [1.165, 1.54) is 33.2 Å². The number of aromatic nitrogens is 4. The minimum absolute atomic E-state index is 0.403. The topological polar surface area (TPSA) is 36.9 Å². The number of pyridine rings is 1. The van der Waals surface area contributed by atoms with Gasteiger partial charge in [-0.25, -0.2) is 9.55 Å². The standard InChI is InChI=1S/C43H39N4O/c1-28(2)34-15-11-16-35(29(3)4)43(34)30-22-23-44-42(24-30)47-38-17-7-6-14-36(38)37-21-20-33(26-41(37)47)48-32-13-10-12-31(25-32)46-27-45(5)39-18-8-9-19-40(39)46/h6-29H,1-5H3/q+1. The number of imidazole rings is 1. The zero-order valence-electron chi connectivity index (χ0n) is 28.1. The maximum absolute atomic E-state index is 6.58. The Hall–Kier alpha value is -5.68. The van der Waals surface area contributed by atoms with E-state index in [1.54, 1.807) is 0 Å². The summed E-state index contributed by atoms with van der Waals surface area (Å²) in [6.07, 6.45) is 4.06. The Kier molecular flexibility index (Phi) is 7.33. The maximum Gasteiger partial charge on any atom is 0.191 e. The van der Waals surface area contributed by atoms with Gasteiger partial charge in [0.05, 0.1) is 11.0 Å². The SMILES string of the molecule is CC(C)c1cccc(C(C)C)c1-c1ccnc(-n2c3ccccc3c3ccc(Oc4cccc(-n5[cH+]n(C)c6ccccc65)c4)cc32)c1. The predicted molar refractivity (Wildman–Crippen MR) is 199 cm³/mol. The van der Waals surface area contributed by atoms with Gasteiger partial charge in [0.15, 0.2) is 17.4 Å². The molecule has 0 aliphatic heterocycles. The third-order valence-electron chi connectivity index (χ3n) is 9.42.